The molecule has 7 aromatic rings. The molecule has 74 heavy (non-hydrogen) atoms. The topological polar surface area (TPSA) is 258 Å². The van der Waals surface area contributed by atoms with E-state index in [4.69, 9.17) is 19.2 Å². The molecule has 0 aliphatic carbocycles. The minimum Gasteiger partial charge on any atom is -0.508 e. The first-order valence-corrected chi connectivity index (χ1v) is 24.5. The number of carboxylic acid groups (broad SMARTS) is 1. The van der Waals surface area contributed by atoms with Crippen molar-refractivity contribution in [1.82, 2.24) is 34.5 Å². The summed E-state index contributed by atoms with van der Waals surface area (Å²) in [7, 11) is 0. The van der Waals surface area contributed by atoms with Crippen LogP contribution in [-0.4, -0.2) is 105 Å². The van der Waals surface area contributed by atoms with Crippen molar-refractivity contribution in [3.8, 4) is 57.2 Å². The van der Waals surface area contributed by atoms with Crippen molar-refractivity contribution >= 4 is 34.7 Å². The van der Waals surface area contributed by atoms with Gasteiger partial charge in [-0.2, -0.15) is 0 Å². The smallest absolute Gasteiger partial charge is 0.506 e. The molecule has 10 rings (SSSR count). The summed E-state index contributed by atoms with van der Waals surface area (Å²) in [5.74, 6) is -1.99. The van der Waals surface area contributed by atoms with E-state index in [2.05, 4.69) is 15.5 Å². The Labute approximate surface area is 423 Å². The zero-order valence-corrected chi connectivity index (χ0v) is 41.2. The van der Waals surface area contributed by atoms with Crippen molar-refractivity contribution in [2.75, 3.05) is 19.7 Å². The molecule has 3 atom stereocenters. The normalized spacial score (nSPS) is 18.0. The standard InChI is InChI=1S/C55H53N7O12/c1-6-34-37-21-31(63)13-18-42(37)57-46-39(34)25-61-43(46)23-36-40(26-72-27-41(36)53(61)69)47-48(66)55(7-2,74-54(70)71)19-20-60(47)52(68)29-9-14-32(15-10-29)73-33-16-11-30(12-17-33)62-49(58-59-50(62)51(67)56-8-3)38-22-35(28(4)5)44(64)24-45(38)65/h9-18,21-24,28,40,47,63-65H,6-8,19-20,25-27H2,1-5H3,(H,56,67)(H,70,71). The van der Waals surface area contributed by atoms with Gasteiger partial charge >= 0.3 is 6.16 Å². The molecule has 3 aliphatic rings. The van der Waals surface area contributed by atoms with Gasteiger partial charge in [0.05, 0.1) is 42.2 Å². The zero-order valence-electron chi connectivity index (χ0n) is 41.2. The number of hydrogen-bond donors (Lipinski definition) is 5. The number of aryl methyl sites for hydroxylation is 1. The number of rotatable bonds is 12. The van der Waals surface area contributed by atoms with Crippen LogP contribution in [0.2, 0.25) is 0 Å². The van der Waals surface area contributed by atoms with Crippen molar-refractivity contribution in [2.24, 2.45) is 0 Å². The lowest BCUT2D eigenvalue weighted by Gasteiger charge is -2.47. The summed E-state index contributed by atoms with van der Waals surface area (Å²) in [6.07, 6.45) is -1.11. The lowest BCUT2D eigenvalue weighted by molar-refractivity contribution is -0.154. The number of nitrogens with one attached hydrogen (secondary N) is 1. The maximum Gasteiger partial charge on any atom is 0.506 e. The van der Waals surface area contributed by atoms with E-state index in [0.717, 1.165) is 16.5 Å². The second kappa shape index (κ2) is 19.1. The van der Waals surface area contributed by atoms with Crippen molar-refractivity contribution < 1.29 is 53.8 Å². The van der Waals surface area contributed by atoms with Crippen LogP contribution in [0.15, 0.2) is 89.7 Å². The molecular formula is C55H53N7O12. The fourth-order valence-electron chi connectivity index (χ4n) is 10.7. The zero-order chi connectivity index (χ0) is 52.3. The Morgan fingerprint density at radius 1 is 0.892 bits per heavy atom. The monoisotopic (exact) mass is 1000 g/mol. The Morgan fingerprint density at radius 2 is 1.62 bits per heavy atom. The predicted octanol–water partition coefficient (Wildman–Crippen LogP) is 7.96. The molecule has 0 bridgehead atoms. The van der Waals surface area contributed by atoms with Gasteiger partial charge in [0, 0.05) is 59.3 Å². The van der Waals surface area contributed by atoms with E-state index >= 15 is 4.79 Å². The van der Waals surface area contributed by atoms with Crippen LogP contribution in [0.25, 0.3) is 39.4 Å². The summed E-state index contributed by atoms with van der Waals surface area (Å²) in [6.45, 7) is 9.63. The lowest BCUT2D eigenvalue weighted by Crippen LogP contribution is -2.64. The molecule has 0 saturated carbocycles. The summed E-state index contributed by atoms with van der Waals surface area (Å²) in [5, 5.41) is 53.7. The molecular weight excluding hydrogens is 951 g/mol. The van der Waals surface area contributed by atoms with Crippen molar-refractivity contribution in [3.05, 3.63) is 134 Å². The van der Waals surface area contributed by atoms with Gasteiger partial charge in [-0.15, -0.1) is 10.2 Å². The van der Waals surface area contributed by atoms with Crippen LogP contribution in [0.3, 0.4) is 0 Å². The number of ketones is 1. The summed E-state index contributed by atoms with van der Waals surface area (Å²) in [6, 6.07) is 21.4. The number of amides is 2. The number of piperidine rings is 1. The van der Waals surface area contributed by atoms with Crippen LogP contribution in [-0.2, 0) is 33.8 Å². The Kier molecular flexibility index (Phi) is 12.7. The van der Waals surface area contributed by atoms with Gasteiger partial charge in [-0.1, -0.05) is 27.7 Å². The summed E-state index contributed by atoms with van der Waals surface area (Å²) >= 11 is 0. The van der Waals surface area contributed by atoms with E-state index in [1.807, 2.05) is 26.8 Å². The van der Waals surface area contributed by atoms with Gasteiger partial charge in [-0.25, -0.2) is 9.78 Å². The van der Waals surface area contributed by atoms with Crippen molar-refractivity contribution in [3.63, 3.8) is 0 Å². The fourth-order valence-corrected chi connectivity index (χ4v) is 10.7. The minimum absolute atomic E-state index is 0.00749. The molecule has 1 fully saturated rings. The number of nitrogens with zero attached hydrogens (tertiary/aromatic N) is 6. The number of carbonyl (C=O) groups is 4. The SMILES string of the molecule is CCNC(=O)c1nnc(-c2cc(C(C)C)c(O)cc2O)n1-c1ccc(Oc2ccc(C(=O)N3CCC(CC)(OC(=O)O)C(=O)C3C3COCc4c3cc3n(c4=O)Cc4c-3nc3ccc(O)cc3c4CC)cc2)cc1. The second-order valence-corrected chi connectivity index (χ2v) is 19.0. The number of aromatic hydroxyl groups is 3. The number of hydrogen-bond acceptors (Lipinski definition) is 14. The van der Waals surface area contributed by atoms with Crippen LogP contribution in [0.1, 0.15) is 108 Å². The third-order valence-electron chi connectivity index (χ3n) is 14.4. The number of likely N-dealkylation sites (tertiary alicyclic amines) is 1. The number of pyridine rings is 2. The minimum atomic E-state index is -1.78. The summed E-state index contributed by atoms with van der Waals surface area (Å²) in [4.78, 5) is 76.1. The Morgan fingerprint density at radius 3 is 2.30 bits per heavy atom. The average molecular weight is 1000 g/mol. The molecule has 380 valence electrons. The van der Waals surface area contributed by atoms with Gasteiger partial charge < -0.3 is 49.4 Å². The fraction of sp³-hybridized carbons (Fsp3) is 0.309. The number of phenolic OH excluding ortho intramolecular Hbond substituents is 3. The molecule has 6 heterocycles. The highest BCUT2D eigenvalue weighted by Gasteiger charge is 2.55. The number of phenols is 3. The van der Waals surface area contributed by atoms with E-state index in [1.54, 1.807) is 91.2 Å². The van der Waals surface area contributed by atoms with E-state index in [-0.39, 0.29) is 90.6 Å². The molecule has 19 heteroatoms. The highest BCUT2D eigenvalue weighted by molar-refractivity contribution is 6.02. The molecule has 19 nitrogen and oxygen atoms in total. The molecule has 3 aliphatic heterocycles. The van der Waals surface area contributed by atoms with E-state index in [0.29, 0.717) is 63.7 Å². The van der Waals surface area contributed by atoms with Gasteiger partial charge in [-0.3, -0.25) is 23.7 Å². The molecule has 3 unspecified atom stereocenters. The van der Waals surface area contributed by atoms with Gasteiger partial charge in [0.2, 0.25) is 5.82 Å². The molecule has 5 N–H and O–H groups in total. The molecule has 3 aromatic heterocycles. The first-order chi connectivity index (χ1) is 35.6. The quantitative estimate of drug-likeness (QED) is 0.0728. The van der Waals surface area contributed by atoms with Gasteiger partial charge in [0.1, 0.15) is 34.8 Å². The van der Waals surface area contributed by atoms with Gasteiger partial charge in [-0.05, 0) is 121 Å². The Hall–Kier alpha value is -8.58. The Bertz CT molecular complexity index is 3500. The number of Topliss-reactive ketones (excluding diaryl/α,β-unsaturated/α-hetero) is 1. The van der Waals surface area contributed by atoms with Crippen molar-refractivity contribution in [1.29, 1.82) is 0 Å². The first-order valence-electron chi connectivity index (χ1n) is 24.5. The second-order valence-electron chi connectivity index (χ2n) is 19.0. The molecule has 4 aromatic carbocycles. The summed E-state index contributed by atoms with van der Waals surface area (Å²) in [5.41, 5.74) is 3.79. The largest absolute Gasteiger partial charge is 0.508 e. The third-order valence-corrected chi connectivity index (χ3v) is 14.4. The van der Waals surface area contributed by atoms with Crippen LogP contribution in [0.4, 0.5) is 4.79 Å². The average Bonchev–Trinajstić information content (AvgIpc) is 4.00. The van der Waals surface area contributed by atoms with Crippen LogP contribution >= 0.6 is 0 Å². The van der Waals surface area contributed by atoms with E-state index in [9.17, 15) is 39.6 Å². The molecule has 0 radical (unpaired) electrons. The predicted molar refractivity (Wildman–Crippen MR) is 269 cm³/mol. The number of carbonyl (C=O) groups excluding carboxylic acids is 3. The van der Waals surface area contributed by atoms with Crippen LogP contribution < -0.4 is 15.6 Å². The molecule has 2 amide bonds. The van der Waals surface area contributed by atoms with Crippen LogP contribution in [0.5, 0.6) is 28.7 Å². The van der Waals surface area contributed by atoms with E-state index < -0.39 is 41.3 Å². The number of benzene rings is 4. The maximum absolute atomic E-state index is 15.0. The van der Waals surface area contributed by atoms with Crippen molar-refractivity contribution in [2.45, 2.75) is 90.5 Å². The summed E-state index contributed by atoms with van der Waals surface area (Å²) < 4.78 is 20.8. The first kappa shape index (κ1) is 49.0. The van der Waals surface area contributed by atoms with Crippen LogP contribution in [0, 0.1) is 0 Å². The Balaban J connectivity index is 0.955. The van der Waals surface area contributed by atoms with Gasteiger partial charge in [0.25, 0.3) is 17.4 Å². The molecule has 0 spiro atoms. The highest BCUT2D eigenvalue weighted by Crippen LogP contribution is 2.44. The number of ether oxygens (including phenoxy) is 3. The van der Waals surface area contributed by atoms with E-state index in [1.165, 1.54) is 15.5 Å². The maximum atomic E-state index is 15.0. The highest BCUT2D eigenvalue weighted by atomic mass is 16.7. The number of fused-ring (bicyclic) bond motifs is 5. The molecule has 1 saturated heterocycles. The third kappa shape index (κ3) is 8.31. The van der Waals surface area contributed by atoms with Gasteiger partial charge in [0.15, 0.2) is 17.2 Å². The number of aromatic nitrogens is 5. The lowest BCUT2D eigenvalue weighted by atomic mass is 9.74.